The summed E-state index contributed by atoms with van der Waals surface area (Å²) in [5, 5.41) is 11.5. The SMILES string of the molecule is CC(C)C(=O)Nc1ccc(C(=O)CSc2nnc(C3CCCCC3)o2)cc1. The van der Waals surface area contributed by atoms with Crippen LogP contribution in [0.1, 0.15) is 68.1 Å². The molecular weight excluding hydrogens is 362 g/mol. The Morgan fingerprint density at radius 2 is 1.85 bits per heavy atom. The number of benzene rings is 1. The Kier molecular flexibility index (Phi) is 6.66. The number of Topliss-reactive ketones (excluding diaryl/α,β-unsaturated/α-hetero) is 1. The van der Waals surface area contributed by atoms with Gasteiger partial charge in [0.05, 0.1) is 5.75 Å². The molecule has 2 aromatic rings. The van der Waals surface area contributed by atoms with Crippen LogP contribution in [-0.4, -0.2) is 27.6 Å². The van der Waals surface area contributed by atoms with E-state index < -0.39 is 0 Å². The van der Waals surface area contributed by atoms with Gasteiger partial charge >= 0.3 is 0 Å². The second-order valence-electron chi connectivity index (χ2n) is 7.17. The molecule has 1 aliphatic rings. The van der Waals surface area contributed by atoms with Crippen molar-refractivity contribution in [2.45, 2.75) is 57.1 Å². The molecule has 1 aliphatic carbocycles. The summed E-state index contributed by atoms with van der Waals surface area (Å²) >= 11 is 1.27. The molecule has 0 saturated heterocycles. The van der Waals surface area contributed by atoms with Crippen LogP contribution in [0.5, 0.6) is 0 Å². The third kappa shape index (κ3) is 5.42. The van der Waals surface area contributed by atoms with Crippen molar-refractivity contribution < 1.29 is 14.0 Å². The molecule has 1 heterocycles. The van der Waals surface area contributed by atoms with E-state index in [1.54, 1.807) is 24.3 Å². The van der Waals surface area contributed by atoms with Gasteiger partial charge in [0.1, 0.15) is 0 Å². The molecule has 27 heavy (non-hydrogen) atoms. The minimum Gasteiger partial charge on any atom is -0.416 e. The van der Waals surface area contributed by atoms with Crippen molar-refractivity contribution in [2.24, 2.45) is 5.92 Å². The van der Waals surface area contributed by atoms with Crippen LogP contribution in [0.15, 0.2) is 33.9 Å². The lowest BCUT2D eigenvalue weighted by Crippen LogP contribution is -2.17. The van der Waals surface area contributed by atoms with Crippen molar-refractivity contribution in [2.75, 3.05) is 11.1 Å². The second kappa shape index (κ2) is 9.17. The van der Waals surface area contributed by atoms with Crippen molar-refractivity contribution in [1.29, 1.82) is 0 Å². The maximum atomic E-state index is 12.4. The van der Waals surface area contributed by atoms with Crippen LogP contribution in [0.2, 0.25) is 0 Å². The first kappa shape index (κ1) is 19.6. The number of hydrogen-bond donors (Lipinski definition) is 1. The highest BCUT2D eigenvalue weighted by Gasteiger charge is 2.21. The Balaban J connectivity index is 1.52. The van der Waals surface area contributed by atoms with Gasteiger partial charge in [-0.25, -0.2) is 0 Å². The highest BCUT2D eigenvalue weighted by atomic mass is 32.2. The molecule has 1 saturated carbocycles. The maximum Gasteiger partial charge on any atom is 0.277 e. The number of ketones is 1. The zero-order chi connectivity index (χ0) is 19.2. The predicted molar refractivity (Wildman–Crippen MR) is 105 cm³/mol. The van der Waals surface area contributed by atoms with E-state index >= 15 is 0 Å². The van der Waals surface area contributed by atoms with Crippen LogP contribution in [0.25, 0.3) is 0 Å². The molecule has 0 aliphatic heterocycles. The van der Waals surface area contributed by atoms with E-state index in [0.29, 0.717) is 28.3 Å². The number of anilines is 1. The van der Waals surface area contributed by atoms with E-state index in [9.17, 15) is 9.59 Å². The molecule has 1 aromatic carbocycles. The fourth-order valence-corrected chi connectivity index (χ4v) is 3.69. The van der Waals surface area contributed by atoms with Crippen LogP contribution < -0.4 is 5.32 Å². The summed E-state index contributed by atoms with van der Waals surface area (Å²) in [7, 11) is 0. The van der Waals surface area contributed by atoms with Crippen LogP contribution in [0.3, 0.4) is 0 Å². The van der Waals surface area contributed by atoms with Gasteiger partial charge < -0.3 is 9.73 Å². The number of nitrogens with zero attached hydrogens (tertiary/aromatic N) is 2. The van der Waals surface area contributed by atoms with Gasteiger partial charge in [-0.05, 0) is 37.1 Å². The highest BCUT2D eigenvalue weighted by molar-refractivity contribution is 7.99. The minimum absolute atomic E-state index is 0.0147. The van der Waals surface area contributed by atoms with Gasteiger partial charge in [-0.15, -0.1) is 10.2 Å². The van der Waals surface area contributed by atoms with E-state index in [1.165, 1.54) is 31.0 Å². The van der Waals surface area contributed by atoms with Crippen molar-refractivity contribution in [3.05, 3.63) is 35.7 Å². The molecule has 0 unspecified atom stereocenters. The lowest BCUT2D eigenvalue weighted by Gasteiger charge is -2.17. The van der Waals surface area contributed by atoms with Gasteiger partial charge in [-0.3, -0.25) is 9.59 Å². The molecular formula is C20H25N3O3S. The van der Waals surface area contributed by atoms with Gasteiger partial charge in [0, 0.05) is 23.1 Å². The van der Waals surface area contributed by atoms with Gasteiger partial charge in [0.2, 0.25) is 11.8 Å². The summed E-state index contributed by atoms with van der Waals surface area (Å²) < 4.78 is 5.74. The molecule has 7 heteroatoms. The van der Waals surface area contributed by atoms with Crippen molar-refractivity contribution >= 4 is 29.1 Å². The third-order valence-electron chi connectivity index (χ3n) is 4.70. The average molecular weight is 388 g/mol. The van der Waals surface area contributed by atoms with Crippen molar-refractivity contribution in [1.82, 2.24) is 10.2 Å². The summed E-state index contributed by atoms with van der Waals surface area (Å²) in [6, 6.07) is 6.93. The first-order valence-electron chi connectivity index (χ1n) is 9.43. The minimum atomic E-state index is -0.0874. The molecule has 0 radical (unpaired) electrons. The molecule has 3 rings (SSSR count). The summed E-state index contributed by atoms with van der Waals surface area (Å²) in [6.45, 7) is 3.67. The van der Waals surface area contributed by atoms with Gasteiger partial charge in [0.25, 0.3) is 5.22 Å². The number of carbonyl (C=O) groups excluding carboxylic acids is 2. The first-order valence-corrected chi connectivity index (χ1v) is 10.4. The molecule has 1 N–H and O–H groups in total. The Hall–Kier alpha value is -2.15. The predicted octanol–water partition coefficient (Wildman–Crippen LogP) is 4.69. The quantitative estimate of drug-likeness (QED) is 0.548. The zero-order valence-electron chi connectivity index (χ0n) is 15.7. The molecule has 144 valence electrons. The van der Waals surface area contributed by atoms with Crippen molar-refractivity contribution in [3.8, 4) is 0 Å². The zero-order valence-corrected chi connectivity index (χ0v) is 16.6. The Bertz CT molecular complexity index is 780. The van der Waals surface area contributed by atoms with E-state index in [4.69, 9.17) is 4.42 Å². The fraction of sp³-hybridized carbons (Fsp3) is 0.500. The lowest BCUT2D eigenvalue weighted by atomic mass is 9.89. The standard InChI is InChI=1S/C20H25N3O3S/c1-13(2)18(25)21-16-10-8-14(9-11-16)17(24)12-27-20-23-22-19(26-20)15-6-4-3-5-7-15/h8-11,13,15H,3-7,12H2,1-2H3,(H,21,25). The van der Waals surface area contributed by atoms with E-state index in [0.717, 1.165) is 12.8 Å². The van der Waals surface area contributed by atoms with Crippen molar-refractivity contribution in [3.63, 3.8) is 0 Å². The number of hydrogen-bond acceptors (Lipinski definition) is 6. The highest BCUT2D eigenvalue weighted by Crippen LogP contribution is 2.33. The summed E-state index contributed by atoms with van der Waals surface area (Å²) in [6.07, 6.45) is 5.90. The number of rotatable bonds is 7. The number of thioether (sulfide) groups is 1. The van der Waals surface area contributed by atoms with Crippen LogP contribution in [0, 0.1) is 5.92 Å². The number of aromatic nitrogens is 2. The summed E-state index contributed by atoms with van der Waals surface area (Å²) in [5.41, 5.74) is 1.28. The first-order chi connectivity index (χ1) is 13.0. The maximum absolute atomic E-state index is 12.4. The largest absolute Gasteiger partial charge is 0.416 e. The van der Waals surface area contributed by atoms with E-state index in [1.807, 2.05) is 13.8 Å². The van der Waals surface area contributed by atoms with Gasteiger partial charge in [-0.2, -0.15) is 0 Å². The fourth-order valence-electron chi connectivity index (χ4n) is 3.03. The Morgan fingerprint density at radius 1 is 1.15 bits per heavy atom. The van der Waals surface area contributed by atoms with E-state index in [2.05, 4.69) is 15.5 Å². The van der Waals surface area contributed by atoms with Crippen LogP contribution >= 0.6 is 11.8 Å². The Labute approximate surface area is 163 Å². The van der Waals surface area contributed by atoms with Gasteiger partial charge in [0.15, 0.2) is 5.78 Å². The average Bonchev–Trinajstić information content (AvgIpc) is 3.16. The van der Waals surface area contributed by atoms with E-state index in [-0.39, 0.29) is 23.4 Å². The molecule has 1 aromatic heterocycles. The van der Waals surface area contributed by atoms with Gasteiger partial charge in [-0.1, -0.05) is 44.9 Å². The molecule has 1 fully saturated rings. The van der Waals surface area contributed by atoms with Crippen LogP contribution in [0.4, 0.5) is 5.69 Å². The number of amides is 1. The summed E-state index contributed by atoms with van der Waals surface area (Å²) in [5.74, 6) is 1.16. The second-order valence-corrected chi connectivity index (χ2v) is 8.10. The molecule has 0 atom stereocenters. The molecule has 0 bridgehead atoms. The molecule has 6 nitrogen and oxygen atoms in total. The third-order valence-corrected chi connectivity index (χ3v) is 5.52. The monoisotopic (exact) mass is 387 g/mol. The smallest absolute Gasteiger partial charge is 0.277 e. The molecule has 1 amide bonds. The normalized spacial score (nSPS) is 15.1. The lowest BCUT2D eigenvalue weighted by molar-refractivity contribution is -0.118. The number of nitrogens with one attached hydrogen (secondary N) is 1. The Morgan fingerprint density at radius 3 is 2.52 bits per heavy atom. The van der Waals surface area contributed by atoms with Crippen LogP contribution in [-0.2, 0) is 4.79 Å². The number of carbonyl (C=O) groups is 2. The topological polar surface area (TPSA) is 85.1 Å². The molecule has 0 spiro atoms. The summed E-state index contributed by atoms with van der Waals surface area (Å²) in [4.78, 5) is 24.1.